The van der Waals surface area contributed by atoms with E-state index in [1.54, 1.807) is 6.92 Å². The van der Waals surface area contributed by atoms with Gasteiger partial charge in [0.15, 0.2) is 18.1 Å². The lowest BCUT2D eigenvalue weighted by Gasteiger charge is -2.16. The molecule has 0 aliphatic heterocycles. The van der Waals surface area contributed by atoms with Crippen LogP contribution in [-0.4, -0.2) is 24.0 Å². The van der Waals surface area contributed by atoms with Crippen molar-refractivity contribution >= 4 is 23.5 Å². The Kier molecular flexibility index (Phi) is 4.77. The Labute approximate surface area is 130 Å². The van der Waals surface area contributed by atoms with Gasteiger partial charge in [0, 0.05) is 0 Å². The Balaban J connectivity index is 2.31. The number of hydrogen-bond donors (Lipinski definition) is 1. The SMILES string of the molecule is COC(=O)[C@@H](NC(=O)c1ncoc1C)c1ccc(Cl)c(F)c1. The van der Waals surface area contributed by atoms with E-state index in [9.17, 15) is 14.0 Å². The fraction of sp³-hybridized carbons (Fsp3) is 0.214. The van der Waals surface area contributed by atoms with Crippen molar-refractivity contribution in [2.24, 2.45) is 0 Å². The van der Waals surface area contributed by atoms with Crippen molar-refractivity contribution in [1.29, 1.82) is 0 Å². The molecule has 22 heavy (non-hydrogen) atoms. The number of oxazole rings is 1. The third-order valence-electron chi connectivity index (χ3n) is 2.95. The zero-order chi connectivity index (χ0) is 16.3. The van der Waals surface area contributed by atoms with Crippen molar-refractivity contribution < 1.29 is 23.1 Å². The summed E-state index contributed by atoms with van der Waals surface area (Å²) in [6, 6.07) is 2.57. The van der Waals surface area contributed by atoms with Crippen LogP contribution in [0.4, 0.5) is 4.39 Å². The summed E-state index contributed by atoms with van der Waals surface area (Å²) < 4.78 is 23.1. The minimum Gasteiger partial charge on any atom is -0.467 e. The molecule has 1 amide bonds. The summed E-state index contributed by atoms with van der Waals surface area (Å²) >= 11 is 5.61. The number of benzene rings is 1. The van der Waals surface area contributed by atoms with E-state index >= 15 is 0 Å². The Morgan fingerprint density at radius 2 is 2.18 bits per heavy atom. The van der Waals surface area contributed by atoms with Gasteiger partial charge in [0.25, 0.3) is 5.91 Å². The first-order valence-corrected chi connectivity index (χ1v) is 6.55. The zero-order valence-electron chi connectivity index (χ0n) is 11.7. The maximum absolute atomic E-state index is 13.6. The van der Waals surface area contributed by atoms with Crippen LogP contribution in [0.15, 0.2) is 29.0 Å². The van der Waals surface area contributed by atoms with Gasteiger partial charge in [-0.3, -0.25) is 4.79 Å². The molecule has 1 N–H and O–H groups in total. The van der Waals surface area contributed by atoms with Crippen LogP contribution in [0, 0.1) is 12.7 Å². The molecule has 1 aromatic heterocycles. The number of carbonyl (C=O) groups is 2. The largest absolute Gasteiger partial charge is 0.467 e. The monoisotopic (exact) mass is 326 g/mol. The van der Waals surface area contributed by atoms with Gasteiger partial charge in [0.05, 0.1) is 12.1 Å². The molecule has 2 rings (SSSR count). The van der Waals surface area contributed by atoms with Gasteiger partial charge in [0.2, 0.25) is 0 Å². The summed E-state index contributed by atoms with van der Waals surface area (Å²) in [6.45, 7) is 1.55. The lowest BCUT2D eigenvalue weighted by Crippen LogP contribution is -2.35. The quantitative estimate of drug-likeness (QED) is 0.873. The first kappa shape index (κ1) is 16.0. The molecule has 0 bridgehead atoms. The number of aromatic nitrogens is 1. The van der Waals surface area contributed by atoms with Gasteiger partial charge in [-0.25, -0.2) is 14.2 Å². The van der Waals surface area contributed by atoms with Crippen LogP contribution in [0.5, 0.6) is 0 Å². The fourth-order valence-electron chi connectivity index (χ4n) is 1.81. The Morgan fingerprint density at radius 3 is 2.73 bits per heavy atom. The van der Waals surface area contributed by atoms with Gasteiger partial charge in [0.1, 0.15) is 11.6 Å². The van der Waals surface area contributed by atoms with Crippen LogP contribution >= 0.6 is 11.6 Å². The zero-order valence-corrected chi connectivity index (χ0v) is 12.5. The second kappa shape index (κ2) is 6.57. The summed E-state index contributed by atoms with van der Waals surface area (Å²) in [6.07, 6.45) is 1.11. The minimum atomic E-state index is -1.19. The highest BCUT2D eigenvalue weighted by atomic mass is 35.5. The highest BCUT2D eigenvalue weighted by Gasteiger charge is 2.26. The number of esters is 1. The summed E-state index contributed by atoms with van der Waals surface area (Å²) in [5, 5.41) is 2.34. The predicted molar refractivity (Wildman–Crippen MR) is 74.9 cm³/mol. The highest BCUT2D eigenvalue weighted by Crippen LogP contribution is 2.22. The van der Waals surface area contributed by atoms with Gasteiger partial charge >= 0.3 is 5.97 Å². The Bertz CT molecular complexity index is 717. The van der Waals surface area contributed by atoms with Crippen LogP contribution in [0.25, 0.3) is 0 Å². The van der Waals surface area contributed by atoms with Crippen molar-refractivity contribution in [3.05, 3.63) is 52.5 Å². The second-order valence-electron chi connectivity index (χ2n) is 4.36. The topological polar surface area (TPSA) is 81.4 Å². The van der Waals surface area contributed by atoms with E-state index in [4.69, 9.17) is 16.0 Å². The average molecular weight is 327 g/mol. The number of methoxy groups -OCH3 is 1. The van der Waals surface area contributed by atoms with Crippen molar-refractivity contribution in [3.63, 3.8) is 0 Å². The standard InChI is InChI=1S/C14H12ClFN2O4/c1-7-11(17-6-22-7)13(19)18-12(14(20)21-2)8-3-4-9(15)10(16)5-8/h3-6,12H,1-2H3,(H,18,19)/t12-/m0/s1. The van der Waals surface area contributed by atoms with Crippen molar-refractivity contribution in [1.82, 2.24) is 10.3 Å². The van der Waals surface area contributed by atoms with Gasteiger partial charge in [-0.1, -0.05) is 17.7 Å². The predicted octanol–water partition coefficient (Wildman–Crippen LogP) is 2.42. The molecule has 1 heterocycles. The molecule has 0 radical (unpaired) electrons. The fourth-order valence-corrected chi connectivity index (χ4v) is 1.93. The summed E-state index contributed by atoms with van der Waals surface area (Å²) in [4.78, 5) is 27.7. The number of halogens is 2. The third-order valence-corrected chi connectivity index (χ3v) is 3.26. The lowest BCUT2D eigenvalue weighted by atomic mass is 10.1. The Hall–Kier alpha value is -2.41. The molecule has 116 valence electrons. The van der Waals surface area contributed by atoms with E-state index in [1.165, 1.54) is 12.1 Å². The maximum atomic E-state index is 13.6. The highest BCUT2D eigenvalue weighted by molar-refractivity contribution is 6.30. The normalized spacial score (nSPS) is 11.8. The van der Waals surface area contributed by atoms with Gasteiger partial charge in [-0.15, -0.1) is 0 Å². The van der Waals surface area contributed by atoms with Gasteiger partial charge in [-0.2, -0.15) is 0 Å². The average Bonchev–Trinajstić information content (AvgIpc) is 2.93. The smallest absolute Gasteiger partial charge is 0.333 e. The van der Waals surface area contributed by atoms with Crippen molar-refractivity contribution in [2.75, 3.05) is 7.11 Å². The van der Waals surface area contributed by atoms with Crippen molar-refractivity contribution in [3.8, 4) is 0 Å². The van der Waals surface area contributed by atoms with E-state index in [0.29, 0.717) is 5.76 Å². The molecule has 1 atom stereocenters. The molecule has 0 saturated heterocycles. The summed E-state index contributed by atoms with van der Waals surface area (Å²) in [5.74, 6) is -1.81. The molecule has 0 fully saturated rings. The molecule has 0 spiro atoms. The van der Waals surface area contributed by atoms with Gasteiger partial charge < -0.3 is 14.5 Å². The molecule has 8 heteroatoms. The molecule has 2 aromatic rings. The number of amides is 1. The molecule has 0 aliphatic carbocycles. The lowest BCUT2D eigenvalue weighted by molar-refractivity contribution is -0.143. The van der Waals surface area contributed by atoms with Crippen LogP contribution < -0.4 is 5.32 Å². The molecule has 0 saturated carbocycles. The molecule has 6 nitrogen and oxygen atoms in total. The third kappa shape index (κ3) is 3.25. The van der Waals surface area contributed by atoms with Crippen LogP contribution in [0.1, 0.15) is 27.9 Å². The van der Waals surface area contributed by atoms with E-state index in [2.05, 4.69) is 15.0 Å². The number of ether oxygens (including phenoxy) is 1. The number of rotatable bonds is 4. The van der Waals surface area contributed by atoms with Crippen molar-refractivity contribution in [2.45, 2.75) is 13.0 Å². The minimum absolute atomic E-state index is 0.0309. The van der Waals surface area contributed by atoms with Crippen LogP contribution in [-0.2, 0) is 9.53 Å². The summed E-state index contributed by atoms with van der Waals surface area (Å²) in [5.41, 5.74) is 0.228. The number of hydrogen-bond acceptors (Lipinski definition) is 5. The van der Waals surface area contributed by atoms with E-state index in [1.807, 2.05) is 0 Å². The second-order valence-corrected chi connectivity index (χ2v) is 4.77. The first-order valence-electron chi connectivity index (χ1n) is 6.17. The van der Waals surface area contributed by atoms with Crippen LogP contribution in [0.3, 0.4) is 0 Å². The summed E-state index contributed by atoms with van der Waals surface area (Å²) in [7, 11) is 1.16. The number of carbonyl (C=O) groups excluding carboxylic acids is 2. The van der Waals surface area contributed by atoms with E-state index < -0.39 is 23.7 Å². The molecule has 0 aliphatic rings. The van der Waals surface area contributed by atoms with E-state index in [-0.39, 0.29) is 16.3 Å². The van der Waals surface area contributed by atoms with Crippen LogP contribution in [0.2, 0.25) is 5.02 Å². The Morgan fingerprint density at radius 1 is 1.45 bits per heavy atom. The number of nitrogens with zero attached hydrogens (tertiary/aromatic N) is 1. The van der Waals surface area contributed by atoms with Gasteiger partial charge in [-0.05, 0) is 24.6 Å². The molecular weight excluding hydrogens is 315 g/mol. The number of aryl methyl sites for hydroxylation is 1. The molecular formula is C14H12ClFN2O4. The maximum Gasteiger partial charge on any atom is 0.333 e. The van der Waals surface area contributed by atoms with E-state index in [0.717, 1.165) is 19.6 Å². The molecule has 0 unspecified atom stereocenters. The first-order chi connectivity index (χ1) is 10.4. The number of nitrogens with one attached hydrogen (secondary N) is 1. The molecule has 1 aromatic carbocycles.